The standard InChI is InChI=1S/C11H16N2O3/c1-15-11(14)10-4-2-3-7-13(10)8-9-5-6-12-16-9/h5-6,10H,2-4,7-8H2,1H3/t10-/m1/s1. The van der Waals surface area contributed by atoms with Crippen LogP contribution in [0.1, 0.15) is 25.0 Å². The first-order chi connectivity index (χ1) is 7.81. The van der Waals surface area contributed by atoms with Gasteiger partial charge in [-0.25, -0.2) is 0 Å². The average Bonchev–Trinajstić information content (AvgIpc) is 2.82. The molecule has 0 saturated carbocycles. The molecule has 0 spiro atoms. The molecule has 16 heavy (non-hydrogen) atoms. The molecule has 2 rings (SSSR count). The highest BCUT2D eigenvalue weighted by molar-refractivity contribution is 5.75. The number of likely N-dealkylation sites (tertiary alicyclic amines) is 1. The summed E-state index contributed by atoms with van der Waals surface area (Å²) in [5.74, 6) is 0.634. The average molecular weight is 224 g/mol. The van der Waals surface area contributed by atoms with Crippen molar-refractivity contribution in [3.63, 3.8) is 0 Å². The summed E-state index contributed by atoms with van der Waals surface area (Å²) in [4.78, 5) is 13.7. The Hall–Kier alpha value is -1.36. The minimum absolute atomic E-state index is 0.135. The van der Waals surface area contributed by atoms with Crippen molar-refractivity contribution in [1.29, 1.82) is 0 Å². The molecule has 0 aliphatic carbocycles. The lowest BCUT2D eigenvalue weighted by Gasteiger charge is -2.32. The van der Waals surface area contributed by atoms with Crippen LogP contribution in [0.2, 0.25) is 0 Å². The van der Waals surface area contributed by atoms with E-state index in [1.54, 1.807) is 6.20 Å². The van der Waals surface area contributed by atoms with E-state index in [0.29, 0.717) is 6.54 Å². The molecule has 1 aliphatic rings. The Morgan fingerprint density at radius 3 is 3.25 bits per heavy atom. The first-order valence-corrected chi connectivity index (χ1v) is 5.52. The zero-order valence-electron chi connectivity index (χ0n) is 9.39. The third-order valence-electron chi connectivity index (χ3n) is 2.94. The number of hydrogen-bond acceptors (Lipinski definition) is 5. The van der Waals surface area contributed by atoms with Gasteiger partial charge in [-0.15, -0.1) is 0 Å². The van der Waals surface area contributed by atoms with Crippen molar-refractivity contribution in [1.82, 2.24) is 10.1 Å². The molecule has 0 amide bonds. The van der Waals surface area contributed by atoms with Crippen molar-refractivity contribution in [2.45, 2.75) is 31.8 Å². The number of aromatic nitrogens is 1. The van der Waals surface area contributed by atoms with E-state index in [1.165, 1.54) is 7.11 Å². The van der Waals surface area contributed by atoms with Gasteiger partial charge in [0.1, 0.15) is 6.04 Å². The fraction of sp³-hybridized carbons (Fsp3) is 0.636. The Balaban J connectivity index is 2.02. The Morgan fingerprint density at radius 1 is 1.69 bits per heavy atom. The molecule has 5 heteroatoms. The second-order valence-electron chi connectivity index (χ2n) is 3.98. The molecule has 0 bridgehead atoms. The number of rotatable bonds is 3. The topological polar surface area (TPSA) is 55.6 Å². The van der Waals surface area contributed by atoms with E-state index < -0.39 is 0 Å². The van der Waals surface area contributed by atoms with Gasteiger partial charge < -0.3 is 9.26 Å². The number of methoxy groups -OCH3 is 1. The maximum atomic E-state index is 11.6. The second kappa shape index (κ2) is 5.12. The van der Waals surface area contributed by atoms with Crippen LogP contribution >= 0.6 is 0 Å². The molecule has 1 aliphatic heterocycles. The molecule has 0 radical (unpaired) electrons. The van der Waals surface area contributed by atoms with Crippen molar-refractivity contribution in [2.24, 2.45) is 0 Å². The molecule has 1 fully saturated rings. The van der Waals surface area contributed by atoms with Crippen LogP contribution in [-0.2, 0) is 16.1 Å². The number of ether oxygens (including phenoxy) is 1. The van der Waals surface area contributed by atoms with Gasteiger partial charge in [0.15, 0.2) is 5.76 Å². The van der Waals surface area contributed by atoms with Gasteiger partial charge >= 0.3 is 5.97 Å². The lowest BCUT2D eigenvalue weighted by Crippen LogP contribution is -2.44. The quantitative estimate of drug-likeness (QED) is 0.722. The van der Waals surface area contributed by atoms with E-state index in [0.717, 1.165) is 31.6 Å². The first kappa shape index (κ1) is 11.1. The number of carbonyl (C=O) groups excluding carboxylic acids is 1. The van der Waals surface area contributed by atoms with Crippen LogP contribution in [0.4, 0.5) is 0 Å². The van der Waals surface area contributed by atoms with Crippen LogP contribution in [-0.4, -0.2) is 35.7 Å². The minimum atomic E-state index is -0.154. The molecule has 88 valence electrons. The zero-order chi connectivity index (χ0) is 11.4. The summed E-state index contributed by atoms with van der Waals surface area (Å²) in [7, 11) is 1.43. The summed E-state index contributed by atoms with van der Waals surface area (Å²) in [6.45, 7) is 1.53. The maximum absolute atomic E-state index is 11.6. The van der Waals surface area contributed by atoms with Crippen LogP contribution in [0.3, 0.4) is 0 Å². The van der Waals surface area contributed by atoms with Gasteiger partial charge in [0.25, 0.3) is 0 Å². The predicted octanol–water partition coefficient (Wildman–Crippen LogP) is 1.20. The number of esters is 1. The molecule has 0 N–H and O–H groups in total. The van der Waals surface area contributed by atoms with E-state index in [-0.39, 0.29) is 12.0 Å². The van der Waals surface area contributed by atoms with Crippen LogP contribution in [0.15, 0.2) is 16.8 Å². The predicted molar refractivity (Wildman–Crippen MR) is 56.6 cm³/mol. The molecule has 1 saturated heterocycles. The first-order valence-electron chi connectivity index (χ1n) is 5.52. The fourth-order valence-electron chi connectivity index (χ4n) is 2.11. The number of carbonyl (C=O) groups is 1. The number of hydrogen-bond donors (Lipinski definition) is 0. The molecule has 0 aromatic carbocycles. The van der Waals surface area contributed by atoms with E-state index in [2.05, 4.69) is 10.1 Å². The highest BCUT2D eigenvalue weighted by Gasteiger charge is 2.29. The van der Waals surface area contributed by atoms with Crippen LogP contribution in [0, 0.1) is 0 Å². The largest absolute Gasteiger partial charge is 0.468 e. The van der Waals surface area contributed by atoms with Crippen molar-refractivity contribution in [3.05, 3.63) is 18.0 Å². The van der Waals surface area contributed by atoms with Gasteiger partial charge in [-0.3, -0.25) is 9.69 Å². The molecule has 1 aromatic heterocycles. The number of piperidine rings is 1. The summed E-state index contributed by atoms with van der Waals surface area (Å²) in [5.41, 5.74) is 0. The molecule has 1 aromatic rings. The third kappa shape index (κ3) is 2.41. The monoisotopic (exact) mass is 224 g/mol. The summed E-state index contributed by atoms with van der Waals surface area (Å²) >= 11 is 0. The van der Waals surface area contributed by atoms with Crippen LogP contribution in [0.5, 0.6) is 0 Å². The molecule has 5 nitrogen and oxygen atoms in total. The van der Waals surface area contributed by atoms with Crippen molar-refractivity contribution in [3.8, 4) is 0 Å². The van der Waals surface area contributed by atoms with E-state index >= 15 is 0 Å². The van der Waals surface area contributed by atoms with Gasteiger partial charge in [0.2, 0.25) is 0 Å². The fourth-order valence-corrected chi connectivity index (χ4v) is 2.11. The van der Waals surface area contributed by atoms with Gasteiger partial charge in [-0.1, -0.05) is 11.6 Å². The lowest BCUT2D eigenvalue weighted by molar-refractivity contribution is -0.148. The second-order valence-corrected chi connectivity index (χ2v) is 3.98. The van der Waals surface area contributed by atoms with Crippen molar-refractivity contribution < 1.29 is 14.1 Å². The number of nitrogens with zero attached hydrogens (tertiary/aromatic N) is 2. The van der Waals surface area contributed by atoms with Crippen molar-refractivity contribution >= 4 is 5.97 Å². The maximum Gasteiger partial charge on any atom is 0.323 e. The van der Waals surface area contributed by atoms with E-state index in [4.69, 9.17) is 9.26 Å². The van der Waals surface area contributed by atoms with Gasteiger partial charge in [-0.05, 0) is 19.4 Å². The summed E-state index contributed by atoms with van der Waals surface area (Å²) < 4.78 is 9.87. The minimum Gasteiger partial charge on any atom is -0.468 e. The molecule has 1 atom stereocenters. The summed E-state index contributed by atoms with van der Waals surface area (Å²) in [5, 5.41) is 3.66. The lowest BCUT2D eigenvalue weighted by atomic mass is 10.0. The molecular weight excluding hydrogens is 208 g/mol. The Kier molecular flexibility index (Phi) is 3.56. The third-order valence-corrected chi connectivity index (χ3v) is 2.94. The summed E-state index contributed by atoms with van der Waals surface area (Å²) in [6, 6.07) is 1.69. The van der Waals surface area contributed by atoms with Gasteiger partial charge in [0, 0.05) is 6.07 Å². The Bertz CT molecular complexity index is 337. The van der Waals surface area contributed by atoms with E-state index in [9.17, 15) is 4.79 Å². The normalized spacial score (nSPS) is 21.9. The Morgan fingerprint density at radius 2 is 2.56 bits per heavy atom. The van der Waals surface area contributed by atoms with Gasteiger partial charge in [0.05, 0.1) is 19.9 Å². The molecule has 0 unspecified atom stereocenters. The van der Waals surface area contributed by atoms with Crippen LogP contribution in [0.25, 0.3) is 0 Å². The van der Waals surface area contributed by atoms with Crippen molar-refractivity contribution in [2.75, 3.05) is 13.7 Å². The highest BCUT2D eigenvalue weighted by atomic mass is 16.5. The van der Waals surface area contributed by atoms with Crippen LogP contribution < -0.4 is 0 Å². The smallest absolute Gasteiger partial charge is 0.323 e. The van der Waals surface area contributed by atoms with E-state index in [1.807, 2.05) is 6.07 Å². The SMILES string of the molecule is COC(=O)[C@H]1CCCCN1Cc1ccno1. The highest BCUT2D eigenvalue weighted by Crippen LogP contribution is 2.20. The Labute approximate surface area is 94.3 Å². The molecular formula is C11H16N2O3. The zero-order valence-corrected chi connectivity index (χ0v) is 9.39. The summed E-state index contributed by atoms with van der Waals surface area (Å²) in [6.07, 6.45) is 4.67. The van der Waals surface area contributed by atoms with Gasteiger partial charge in [-0.2, -0.15) is 0 Å². The molecule has 2 heterocycles.